The second kappa shape index (κ2) is 7.57. The van der Waals surface area contributed by atoms with Crippen LogP contribution in [0.15, 0.2) is 48.5 Å². The first kappa shape index (κ1) is 17.2. The molecule has 1 amide bonds. The molecule has 0 unspecified atom stereocenters. The van der Waals surface area contributed by atoms with Gasteiger partial charge in [-0.2, -0.15) is 0 Å². The van der Waals surface area contributed by atoms with Crippen molar-refractivity contribution in [3.8, 4) is 17.1 Å². The molecule has 1 aromatic heterocycles. The number of carbonyl (C=O) groups excluding carboxylic acids is 1. The van der Waals surface area contributed by atoms with Crippen LogP contribution in [0.5, 0.6) is 5.75 Å². The van der Waals surface area contributed by atoms with Gasteiger partial charge in [-0.15, -0.1) is 5.10 Å². The number of anilines is 1. The van der Waals surface area contributed by atoms with E-state index in [9.17, 15) is 4.79 Å². The van der Waals surface area contributed by atoms with Gasteiger partial charge in [0.25, 0.3) is 0 Å². The number of aromatic nitrogens is 4. The zero-order chi connectivity index (χ0) is 18.6. The fourth-order valence-electron chi connectivity index (χ4n) is 2.84. The Morgan fingerprint density at radius 2 is 2.04 bits per heavy atom. The zero-order valence-corrected chi connectivity index (χ0v) is 15.1. The molecule has 0 saturated heterocycles. The SMILES string of the molecule is Cc1cccc(OCCC(=O)Nc2ccc(-c3nnnn3C3CC3)cc2)c1. The predicted octanol–water partition coefficient (Wildman–Crippen LogP) is 3.39. The summed E-state index contributed by atoms with van der Waals surface area (Å²) in [6.07, 6.45) is 2.53. The second-order valence-corrected chi connectivity index (χ2v) is 6.72. The van der Waals surface area contributed by atoms with Crippen LogP contribution in [0.4, 0.5) is 5.69 Å². The lowest BCUT2D eigenvalue weighted by atomic mass is 10.2. The molecule has 1 aliphatic carbocycles. The monoisotopic (exact) mass is 363 g/mol. The van der Waals surface area contributed by atoms with E-state index in [1.807, 2.05) is 60.1 Å². The van der Waals surface area contributed by atoms with Crippen LogP contribution < -0.4 is 10.1 Å². The van der Waals surface area contributed by atoms with Gasteiger partial charge in [-0.3, -0.25) is 4.79 Å². The Morgan fingerprint density at radius 3 is 2.78 bits per heavy atom. The maximum absolute atomic E-state index is 12.1. The number of nitrogens with zero attached hydrogens (tertiary/aromatic N) is 4. The Morgan fingerprint density at radius 1 is 1.22 bits per heavy atom. The van der Waals surface area contributed by atoms with E-state index in [1.54, 1.807) is 0 Å². The summed E-state index contributed by atoms with van der Waals surface area (Å²) in [4.78, 5) is 12.1. The molecule has 1 saturated carbocycles. The molecule has 0 aliphatic heterocycles. The molecule has 138 valence electrons. The Balaban J connectivity index is 1.30. The number of amides is 1. The fraction of sp³-hybridized carbons (Fsp3) is 0.300. The Hall–Kier alpha value is -3.22. The van der Waals surface area contributed by atoms with Crippen molar-refractivity contribution in [1.29, 1.82) is 0 Å². The summed E-state index contributed by atoms with van der Waals surface area (Å²) in [7, 11) is 0. The number of nitrogens with one attached hydrogen (secondary N) is 1. The van der Waals surface area contributed by atoms with E-state index in [2.05, 4.69) is 20.8 Å². The smallest absolute Gasteiger partial charge is 0.227 e. The van der Waals surface area contributed by atoms with Gasteiger partial charge in [-0.25, -0.2) is 4.68 Å². The van der Waals surface area contributed by atoms with E-state index in [-0.39, 0.29) is 12.3 Å². The molecule has 7 heteroatoms. The largest absolute Gasteiger partial charge is 0.493 e. The number of hydrogen-bond donors (Lipinski definition) is 1. The zero-order valence-electron chi connectivity index (χ0n) is 15.1. The summed E-state index contributed by atoms with van der Waals surface area (Å²) in [6.45, 7) is 2.34. The molecule has 4 rings (SSSR count). The molecule has 0 radical (unpaired) electrons. The molecule has 1 fully saturated rings. The summed E-state index contributed by atoms with van der Waals surface area (Å²) in [5.41, 5.74) is 2.81. The topological polar surface area (TPSA) is 81.9 Å². The number of carbonyl (C=O) groups is 1. The van der Waals surface area contributed by atoms with Crippen molar-refractivity contribution in [2.45, 2.75) is 32.2 Å². The molecule has 0 spiro atoms. The molecular formula is C20H21N5O2. The molecule has 2 aromatic carbocycles. The van der Waals surface area contributed by atoms with Crippen LogP contribution in [0, 0.1) is 6.92 Å². The number of aryl methyl sites for hydroxylation is 1. The number of rotatable bonds is 7. The highest BCUT2D eigenvalue weighted by atomic mass is 16.5. The predicted molar refractivity (Wildman–Crippen MR) is 101 cm³/mol. The quantitative estimate of drug-likeness (QED) is 0.696. The molecule has 3 aromatic rings. The molecule has 0 atom stereocenters. The van der Waals surface area contributed by atoms with Crippen LogP contribution in [0.2, 0.25) is 0 Å². The standard InChI is InChI=1S/C20H21N5O2/c1-14-3-2-4-18(13-14)27-12-11-19(26)21-16-7-5-15(6-8-16)20-22-23-24-25(20)17-9-10-17/h2-8,13,17H,9-12H2,1H3,(H,21,26). The van der Waals surface area contributed by atoms with E-state index >= 15 is 0 Å². The van der Waals surface area contributed by atoms with Gasteiger partial charge in [0.15, 0.2) is 5.82 Å². The van der Waals surface area contributed by atoms with Crippen LogP contribution in [-0.4, -0.2) is 32.7 Å². The van der Waals surface area contributed by atoms with Crippen molar-refractivity contribution in [2.75, 3.05) is 11.9 Å². The Bertz CT molecular complexity index is 932. The maximum Gasteiger partial charge on any atom is 0.227 e. The van der Waals surface area contributed by atoms with Gasteiger partial charge in [0, 0.05) is 11.3 Å². The summed E-state index contributed by atoms with van der Waals surface area (Å²) < 4.78 is 7.49. The third-order valence-electron chi connectivity index (χ3n) is 4.40. The first-order chi connectivity index (χ1) is 13.2. The summed E-state index contributed by atoms with van der Waals surface area (Å²) in [5.74, 6) is 1.46. The van der Waals surface area contributed by atoms with E-state index in [0.29, 0.717) is 12.6 Å². The van der Waals surface area contributed by atoms with Gasteiger partial charge in [0.05, 0.1) is 19.1 Å². The van der Waals surface area contributed by atoms with Crippen molar-refractivity contribution in [2.24, 2.45) is 0 Å². The molecular weight excluding hydrogens is 342 g/mol. The van der Waals surface area contributed by atoms with E-state index < -0.39 is 0 Å². The van der Waals surface area contributed by atoms with Gasteiger partial charge in [-0.1, -0.05) is 12.1 Å². The number of benzene rings is 2. The highest BCUT2D eigenvalue weighted by Crippen LogP contribution is 2.36. The summed E-state index contributed by atoms with van der Waals surface area (Å²) >= 11 is 0. The molecule has 7 nitrogen and oxygen atoms in total. The highest BCUT2D eigenvalue weighted by Gasteiger charge is 2.28. The Labute approximate surface area is 157 Å². The van der Waals surface area contributed by atoms with E-state index in [0.717, 1.165) is 41.2 Å². The third kappa shape index (κ3) is 4.31. The maximum atomic E-state index is 12.1. The lowest BCUT2D eigenvalue weighted by Gasteiger charge is -2.08. The third-order valence-corrected chi connectivity index (χ3v) is 4.40. The minimum absolute atomic E-state index is 0.0850. The van der Waals surface area contributed by atoms with Gasteiger partial charge < -0.3 is 10.1 Å². The minimum atomic E-state index is -0.0850. The lowest BCUT2D eigenvalue weighted by molar-refractivity contribution is -0.116. The van der Waals surface area contributed by atoms with Crippen LogP contribution in [0.3, 0.4) is 0 Å². The lowest BCUT2D eigenvalue weighted by Crippen LogP contribution is -2.15. The van der Waals surface area contributed by atoms with Gasteiger partial charge >= 0.3 is 0 Å². The highest BCUT2D eigenvalue weighted by molar-refractivity contribution is 5.91. The van der Waals surface area contributed by atoms with Crippen molar-refractivity contribution in [1.82, 2.24) is 20.2 Å². The summed E-state index contributed by atoms with van der Waals surface area (Å²) in [6, 6.07) is 15.8. The van der Waals surface area contributed by atoms with E-state index in [1.165, 1.54) is 0 Å². The van der Waals surface area contributed by atoms with Crippen LogP contribution in [0.1, 0.15) is 30.9 Å². The van der Waals surface area contributed by atoms with Crippen molar-refractivity contribution in [3.63, 3.8) is 0 Å². The van der Waals surface area contributed by atoms with Gasteiger partial charge in [0.1, 0.15) is 5.75 Å². The molecule has 1 aliphatic rings. The number of hydrogen-bond acceptors (Lipinski definition) is 5. The van der Waals surface area contributed by atoms with Crippen molar-refractivity contribution in [3.05, 3.63) is 54.1 Å². The summed E-state index contributed by atoms with van der Waals surface area (Å²) in [5, 5.41) is 14.8. The molecule has 1 heterocycles. The first-order valence-electron chi connectivity index (χ1n) is 9.07. The number of ether oxygens (including phenoxy) is 1. The van der Waals surface area contributed by atoms with Crippen molar-refractivity contribution >= 4 is 11.6 Å². The molecule has 0 bridgehead atoms. The first-order valence-corrected chi connectivity index (χ1v) is 9.07. The van der Waals surface area contributed by atoms with Crippen LogP contribution in [-0.2, 0) is 4.79 Å². The fourth-order valence-corrected chi connectivity index (χ4v) is 2.84. The molecule has 1 N–H and O–H groups in total. The Kier molecular flexibility index (Phi) is 4.82. The average Bonchev–Trinajstić information content (AvgIpc) is 3.39. The van der Waals surface area contributed by atoms with Crippen LogP contribution in [0.25, 0.3) is 11.4 Å². The van der Waals surface area contributed by atoms with Crippen molar-refractivity contribution < 1.29 is 9.53 Å². The normalized spacial score (nSPS) is 13.4. The van der Waals surface area contributed by atoms with Gasteiger partial charge in [0.2, 0.25) is 5.91 Å². The molecule has 27 heavy (non-hydrogen) atoms. The van der Waals surface area contributed by atoms with E-state index in [4.69, 9.17) is 4.74 Å². The number of tetrazole rings is 1. The second-order valence-electron chi connectivity index (χ2n) is 6.72. The average molecular weight is 363 g/mol. The minimum Gasteiger partial charge on any atom is -0.493 e. The van der Waals surface area contributed by atoms with Crippen LogP contribution >= 0.6 is 0 Å². The van der Waals surface area contributed by atoms with Gasteiger partial charge in [-0.05, 0) is 72.2 Å².